The minimum atomic E-state index is -3.74. The highest BCUT2D eigenvalue weighted by atomic mass is 32.2. The van der Waals surface area contributed by atoms with Crippen molar-refractivity contribution >= 4 is 21.1 Å². The molecule has 9 nitrogen and oxygen atoms in total. The molecule has 0 bridgehead atoms. The highest BCUT2D eigenvalue weighted by molar-refractivity contribution is 7.89. The average molecular weight is 460 g/mol. The SMILES string of the molecule is CCCn1cc(C)c2c(=O)[nH]c(-c3cc(S(=O)(=O)N4CCN(CC)CC4)ccc3O)nc21. The summed E-state index contributed by atoms with van der Waals surface area (Å²) in [5, 5.41) is 11.0. The van der Waals surface area contributed by atoms with Gasteiger partial charge in [-0.3, -0.25) is 4.79 Å². The van der Waals surface area contributed by atoms with E-state index in [2.05, 4.69) is 21.8 Å². The van der Waals surface area contributed by atoms with Crippen molar-refractivity contribution in [1.29, 1.82) is 0 Å². The maximum absolute atomic E-state index is 13.2. The number of hydrogen-bond acceptors (Lipinski definition) is 6. The van der Waals surface area contributed by atoms with Crippen LogP contribution in [0.1, 0.15) is 25.8 Å². The third-order valence-electron chi connectivity index (χ3n) is 6.02. The molecule has 1 aliphatic heterocycles. The molecule has 0 unspecified atom stereocenters. The van der Waals surface area contributed by atoms with Gasteiger partial charge in [-0.25, -0.2) is 13.4 Å². The molecule has 0 spiro atoms. The zero-order valence-electron chi connectivity index (χ0n) is 18.6. The molecule has 1 aliphatic rings. The quantitative estimate of drug-likeness (QED) is 0.584. The fraction of sp³-hybridized carbons (Fsp3) is 0.455. The fourth-order valence-electron chi connectivity index (χ4n) is 4.22. The van der Waals surface area contributed by atoms with E-state index in [1.54, 1.807) is 0 Å². The normalized spacial score (nSPS) is 16.1. The van der Waals surface area contributed by atoms with E-state index in [9.17, 15) is 18.3 Å². The number of aryl methyl sites for hydroxylation is 2. The number of hydrogen-bond donors (Lipinski definition) is 2. The van der Waals surface area contributed by atoms with E-state index >= 15 is 0 Å². The summed E-state index contributed by atoms with van der Waals surface area (Å²) in [6.45, 7) is 9.72. The second kappa shape index (κ2) is 8.68. The molecule has 10 heteroatoms. The number of benzene rings is 1. The molecule has 0 radical (unpaired) electrons. The van der Waals surface area contributed by atoms with Crippen LogP contribution in [0.3, 0.4) is 0 Å². The van der Waals surface area contributed by atoms with Gasteiger partial charge in [0.05, 0.1) is 15.8 Å². The first-order valence-electron chi connectivity index (χ1n) is 10.9. The van der Waals surface area contributed by atoms with Gasteiger partial charge in [0.2, 0.25) is 10.0 Å². The largest absolute Gasteiger partial charge is 0.507 e. The lowest BCUT2D eigenvalue weighted by molar-refractivity contribution is 0.196. The lowest BCUT2D eigenvalue weighted by Crippen LogP contribution is -2.48. The summed E-state index contributed by atoms with van der Waals surface area (Å²) in [6, 6.07) is 4.12. The number of phenols is 1. The zero-order chi connectivity index (χ0) is 23.0. The fourth-order valence-corrected chi connectivity index (χ4v) is 5.67. The number of piperazine rings is 1. The molecule has 3 heterocycles. The van der Waals surface area contributed by atoms with Crippen LogP contribution >= 0.6 is 0 Å². The maximum Gasteiger partial charge on any atom is 0.260 e. The molecule has 1 fully saturated rings. The molecule has 172 valence electrons. The molecule has 1 aromatic carbocycles. The van der Waals surface area contributed by atoms with Crippen molar-refractivity contribution in [2.75, 3.05) is 32.7 Å². The summed E-state index contributed by atoms with van der Waals surface area (Å²) in [5.74, 6) is -0.00382. The summed E-state index contributed by atoms with van der Waals surface area (Å²) in [4.78, 5) is 22.4. The number of fused-ring (bicyclic) bond motifs is 1. The first-order chi connectivity index (χ1) is 15.3. The number of rotatable bonds is 6. The molecule has 2 N–H and O–H groups in total. The van der Waals surface area contributed by atoms with Crippen LogP contribution in [0.4, 0.5) is 0 Å². The Bertz CT molecular complexity index is 1300. The summed E-state index contributed by atoms with van der Waals surface area (Å²) < 4.78 is 29.8. The molecule has 0 amide bonds. The van der Waals surface area contributed by atoms with Gasteiger partial charge in [-0.15, -0.1) is 0 Å². The van der Waals surface area contributed by atoms with Gasteiger partial charge in [0.15, 0.2) is 0 Å². The highest BCUT2D eigenvalue weighted by Crippen LogP contribution is 2.31. The van der Waals surface area contributed by atoms with Crippen molar-refractivity contribution in [3.05, 3.63) is 40.3 Å². The van der Waals surface area contributed by atoms with Gasteiger partial charge >= 0.3 is 0 Å². The molecule has 0 saturated carbocycles. The third kappa shape index (κ3) is 3.94. The number of likely N-dealkylation sites (N-methyl/N-ethyl adjacent to an activating group) is 1. The summed E-state index contributed by atoms with van der Waals surface area (Å²) >= 11 is 0. The van der Waals surface area contributed by atoms with E-state index in [1.165, 1.54) is 22.5 Å². The van der Waals surface area contributed by atoms with Crippen molar-refractivity contribution in [3.8, 4) is 17.1 Å². The molecule has 0 aliphatic carbocycles. The molecule has 2 aromatic heterocycles. The Hall–Kier alpha value is -2.69. The Balaban J connectivity index is 1.77. The number of sulfonamides is 1. The molecular weight excluding hydrogens is 430 g/mol. The molecule has 32 heavy (non-hydrogen) atoms. The Morgan fingerprint density at radius 3 is 2.53 bits per heavy atom. The van der Waals surface area contributed by atoms with E-state index < -0.39 is 10.0 Å². The van der Waals surface area contributed by atoms with Crippen LogP contribution in [-0.2, 0) is 16.6 Å². The van der Waals surface area contributed by atoms with Gasteiger partial charge in [0.25, 0.3) is 5.56 Å². The number of nitrogens with one attached hydrogen (secondary N) is 1. The van der Waals surface area contributed by atoms with Crippen LogP contribution in [0.15, 0.2) is 34.1 Å². The Morgan fingerprint density at radius 1 is 1.16 bits per heavy atom. The second-order valence-corrected chi connectivity index (χ2v) is 10.1. The van der Waals surface area contributed by atoms with Gasteiger partial charge < -0.3 is 19.6 Å². The number of H-pyrrole nitrogens is 1. The van der Waals surface area contributed by atoms with Crippen molar-refractivity contribution in [2.24, 2.45) is 0 Å². The molecule has 0 atom stereocenters. The number of aromatic amines is 1. The van der Waals surface area contributed by atoms with E-state index in [0.717, 1.165) is 18.5 Å². The lowest BCUT2D eigenvalue weighted by Gasteiger charge is -2.33. The van der Waals surface area contributed by atoms with Gasteiger partial charge in [-0.2, -0.15) is 4.31 Å². The van der Waals surface area contributed by atoms with Gasteiger partial charge in [-0.05, 0) is 43.7 Å². The number of nitrogens with zero attached hydrogens (tertiary/aromatic N) is 4. The van der Waals surface area contributed by atoms with Crippen LogP contribution < -0.4 is 5.56 Å². The van der Waals surface area contributed by atoms with Crippen molar-refractivity contribution in [1.82, 2.24) is 23.7 Å². The minimum absolute atomic E-state index is 0.0677. The topological polar surface area (TPSA) is 112 Å². The average Bonchev–Trinajstić information content (AvgIpc) is 3.09. The minimum Gasteiger partial charge on any atom is -0.507 e. The maximum atomic E-state index is 13.2. The zero-order valence-corrected chi connectivity index (χ0v) is 19.4. The van der Waals surface area contributed by atoms with Crippen molar-refractivity contribution in [2.45, 2.75) is 38.6 Å². The first-order valence-corrected chi connectivity index (χ1v) is 12.4. The van der Waals surface area contributed by atoms with Gasteiger partial charge in [-0.1, -0.05) is 13.8 Å². The second-order valence-electron chi connectivity index (χ2n) is 8.14. The number of phenolic OH excluding ortho intramolecular Hbond substituents is 1. The summed E-state index contributed by atoms with van der Waals surface area (Å²) in [5.41, 5.74) is 1.20. The molecular formula is C22H29N5O4S. The van der Waals surface area contributed by atoms with Crippen LogP contribution in [0.25, 0.3) is 22.4 Å². The van der Waals surface area contributed by atoms with Crippen LogP contribution in [0.5, 0.6) is 5.75 Å². The Morgan fingerprint density at radius 2 is 1.88 bits per heavy atom. The Labute approximate surface area is 187 Å². The van der Waals surface area contributed by atoms with E-state index in [-0.39, 0.29) is 27.6 Å². The standard InChI is InChI=1S/C22H29N5O4S/c1-4-8-26-14-15(3)19-21(26)23-20(24-22(19)29)17-13-16(6-7-18(17)28)32(30,31)27-11-9-25(5-2)10-12-27/h6-7,13-14,28H,4-5,8-12H2,1-3H3,(H,23,24,29). The molecule has 3 aromatic rings. The van der Waals surface area contributed by atoms with Crippen molar-refractivity contribution in [3.63, 3.8) is 0 Å². The summed E-state index contributed by atoms with van der Waals surface area (Å²) in [6.07, 6.45) is 2.76. The van der Waals surface area contributed by atoms with Crippen molar-refractivity contribution < 1.29 is 13.5 Å². The highest BCUT2D eigenvalue weighted by Gasteiger charge is 2.29. The summed E-state index contributed by atoms with van der Waals surface area (Å²) in [7, 11) is -3.74. The monoisotopic (exact) mass is 459 g/mol. The van der Waals surface area contributed by atoms with Gasteiger partial charge in [0.1, 0.15) is 17.2 Å². The van der Waals surface area contributed by atoms with Crippen LogP contribution in [0, 0.1) is 6.92 Å². The third-order valence-corrected chi connectivity index (χ3v) is 7.91. The number of aromatic nitrogens is 3. The van der Waals surface area contributed by atoms with Gasteiger partial charge in [0, 0.05) is 38.9 Å². The van der Waals surface area contributed by atoms with E-state index in [0.29, 0.717) is 43.8 Å². The lowest BCUT2D eigenvalue weighted by atomic mass is 10.2. The molecule has 1 saturated heterocycles. The first kappa shape index (κ1) is 22.5. The predicted octanol–water partition coefficient (Wildman–Crippen LogP) is 2.14. The predicted molar refractivity (Wildman–Crippen MR) is 123 cm³/mol. The van der Waals surface area contributed by atoms with Crippen LogP contribution in [0.2, 0.25) is 0 Å². The van der Waals surface area contributed by atoms with Crippen LogP contribution in [-0.4, -0.2) is 70.0 Å². The smallest absolute Gasteiger partial charge is 0.260 e. The van der Waals surface area contributed by atoms with E-state index in [4.69, 9.17) is 0 Å². The number of aromatic hydroxyl groups is 1. The van der Waals surface area contributed by atoms with E-state index in [1.807, 2.05) is 24.6 Å². The Kier molecular flexibility index (Phi) is 6.11. The molecule has 4 rings (SSSR count).